The highest BCUT2D eigenvalue weighted by Crippen LogP contribution is 2.36. The van der Waals surface area contributed by atoms with Crippen LogP contribution in [0.3, 0.4) is 0 Å². The molecule has 0 atom stereocenters. The highest BCUT2D eigenvalue weighted by Gasteiger charge is 2.26. The van der Waals surface area contributed by atoms with Gasteiger partial charge in [-0.2, -0.15) is 0 Å². The summed E-state index contributed by atoms with van der Waals surface area (Å²) in [7, 11) is 0. The van der Waals surface area contributed by atoms with Gasteiger partial charge in [0.2, 0.25) is 0 Å². The van der Waals surface area contributed by atoms with E-state index >= 15 is 0 Å². The monoisotopic (exact) mass is 201 g/mol. The third-order valence-corrected chi connectivity index (χ3v) is 3.08. The molecule has 1 aliphatic rings. The lowest BCUT2D eigenvalue weighted by Gasteiger charge is -2.31. The maximum absolute atomic E-state index is 4.23. The SMILES string of the molecule is C=C(N1CCc2ccccc21)C(C)(C)C. The van der Waals surface area contributed by atoms with Gasteiger partial charge in [0.25, 0.3) is 0 Å². The van der Waals surface area contributed by atoms with Crippen LogP contribution < -0.4 is 4.90 Å². The van der Waals surface area contributed by atoms with Crippen molar-refractivity contribution in [3.8, 4) is 0 Å². The van der Waals surface area contributed by atoms with Crippen LogP contribution in [0.5, 0.6) is 0 Å². The molecular formula is C14H19N. The Labute approximate surface area is 92.4 Å². The number of allylic oxidation sites excluding steroid dienone is 1. The van der Waals surface area contributed by atoms with Gasteiger partial charge in [-0.05, 0) is 18.1 Å². The van der Waals surface area contributed by atoms with Crippen molar-refractivity contribution in [3.63, 3.8) is 0 Å². The summed E-state index contributed by atoms with van der Waals surface area (Å²) in [5, 5.41) is 0. The maximum atomic E-state index is 4.23. The quantitative estimate of drug-likeness (QED) is 0.671. The van der Waals surface area contributed by atoms with Crippen molar-refractivity contribution in [1.82, 2.24) is 0 Å². The fourth-order valence-electron chi connectivity index (χ4n) is 2.02. The van der Waals surface area contributed by atoms with Gasteiger partial charge in [-0.3, -0.25) is 0 Å². The van der Waals surface area contributed by atoms with E-state index in [9.17, 15) is 0 Å². The molecule has 0 amide bonds. The average Bonchev–Trinajstić information content (AvgIpc) is 2.58. The van der Waals surface area contributed by atoms with Gasteiger partial charge in [0, 0.05) is 23.3 Å². The van der Waals surface area contributed by atoms with Crippen molar-refractivity contribution in [3.05, 3.63) is 42.1 Å². The van der Waals surface area contributed by atoms with Gasteiger partial charge in [-0.1, -0.05) is 45.5 Å². The molecule has 1 heterocycles. The predicted molar refractivity (Wildman–Crippen MR) is 66.1 cm³/mol. The van der Waals surface area contributed by atoms with Crippen molar-refractivity contribution in [2.24, 2.45) is 5.41 Å². The van der Waals surface area contributed by atoms with Crippen LogP contribution >= 0.6 is 0 Å². The van der Waals surface area contributed by atoms with E-state index in [2.05, 4.69) is 56.5 Å². The minimum atomic E-state index is 0.150. The topological polar surface area (TPSA) is 3.24 Å². The summed E-state index contributed by atoms with van der Waals surface area (Å²) >= 11 is 0. The van der Waals surface area contributed by atoms with E-state index in [0.717, 1.165) is 13.0 Å². The lowest BCUT2D eigenvalue weighted by atomic mass is 9.92. The van der Waals surface area contributed by atoms with Gasteiger partial charge in [-0.25, -0.2) is 0 Å². The Kier molecular flexibility index (Phi) is 2.34. The van der Waals surface area contributed by atoms with Gasteiger partial charge in [-0.15, -0.1) is 0 Å². The Morgan fingerprint density at radius 3 is 2.60 bits per heavy atom. The predicted octanol–water partition coefficient (Wildman–Crippen LogP) is 3.61. The summed E-state index contributed by atoms with van der Waals surface area (Å²) in [4.78, 5) is 2.36. The largest absolute Gasteiger partial charge is 0.345 e. The highest BCUT2D eigenvalue weighted by atomic mass is 15.2. The van der Waals surface area contributed by atoms with Crippen molar-refractivity contribution in [2.45, 2.75) is 27.2 Å². The van der Waals surface area contributed by atoms with E-state index in [1.54, 1.807) is 0 Å². The van der Waals surface area contributed by atoms with Crippen LogP contribution in [0, 0.1) is 5.41 Å². The standard InChI is InChI=1S/C14H19N/c1-11(14(2,3)4)15-10-9-12-7-5-6-8-13(12)15/h5-8H,1,9-10H2,2-4H3. The molecule has 0 aliphatic carbocycles. The highest BCUT2D eigenvalue weighted by molar-refractivity contribution is 5.62. The molecule has 1 aliphatic heterocycles. The Morgan fingerprint density at radius 1 is 1.27 bits per heavy atom. The maximum Gasteiger partial charge on any atom is 0.0441 e. The fourth-order valence-corrected chi connectivity index (χ4v) is 2.02. The first-order chi connectivity index (χ1) is 7.00. The molecule has 1 aromatic carbocycles. The minimum Gasteiger partial charge on any atom is -0.345 e. The normalized spacial score (nSPS) is 15.3. The lowest BCUT2D eigenvalue weighted by molar-refractivity contribution is 0.488. The molecule has 0 N–H and O–H groups in total. The summed E-state index contributed by atoms with van der Waals surface area (Å²) in [5.74, 6) is 0. The summed E-state index contributed by atoms with van der Waals surface area (Å²) in [6.07, 6.45) is 1.14. The molecular weight excluding hydrogens is 182 g/mol. The lowest BCUT2D eigenvalue weighted by Crippen LogP contribution is -2.27. The Balaban J connectivity index is 2.32. The summed E-state index contributed by atoms with van der Waals surface area (Å²) in [6.45, 7) is 12.0. The number of benzene rings is 1. The molecule has 1 nitrogen and oxygen atoms in total. The molecule has 1 heteroatoms. The van der Waals surface area contributed by atoms with E-state index in [1.165, 1.54) is 16.9 Å². The van der Waals surface area contributed by atoms with Gasteiger partial charge in [0.1, 0.15) is 0 Å². The molecule has 0 radical (unpaired) electrons. The van der Waals surface area contributed by atoms with Gasteiger partial charge < -0.3 is 4.90 Å². The van der Waals surface area contributed by atoms with Crippen LogP contribution in [-0.2, 0) is 6.42 Å². The number of hydrogen-bond acceptors (Lipinski definition) is 1. The van der Waals surface area contributed by atoms with E-state index in [4.69, 9.17) is 0 Å². The number of para-hydroxylation sites is 1. The minimum absolute atomic E-state index is 0.150. The van der Waals surface area contributed by atoms with E-state index in [-0.39, 0.29) is 5.41 Å². The van der Waals surface area contributed by atoms with Crippen LogP contribution in [0.1, 0.15) is 26.3 Å². The molecule has 0 saturated heterocycles. The number of anilines is 1. The van der Waals surface area contributed by atoms with Crippen LogP contribution in [0.4, 0.5) is 5.69 Å². The molecule has 0 spiro atoms. The van der Waals surface area contributed by atoms with Crippen molar-refractivity contribution in [2.75, 3.05) is 11.4 Å². The number of fused-ring (bicyclic) bond motifs is 1. The van der Waals surface area contributed by atoms with Gasteiger partial charge >= 0.3 is 0 Å². The number of rotatable bonds is 1. The molecule has 0 unspecified atom stereocenters. The second-order valence-electron chi connectivity index (χ2n) is 5.23. The Hall–Kier alpha value is -1.24. The van der Waals surface area contributed by atoms with Gasteiger partial charge in [0.05, 0.1) is 0 Å². The fraction of sp³-hybridized carbons (Fsp3) is 0.429. The van der Waals surface area contributed by atoms with Crippen molar-refractivity contribution >= 4 is 5.69 Å². The van der Waals surface area contributed by atoms with Crippen molar-refractivity contribution in [1.29, 1.82) is 0 Å². The second kappa shape index (κ2) is 3.41. The third kappa shape index (κ3) is 1.79. The van der Waals surface area contributed by atoms with Crippen LogP contribution in [-0.4, -0.2) is 6.54 Å². The summed E-state index contributed by atoms with van der Waals surface area (Å²) in [6, 6.07) is 8.62. The Morgan fingerprint density at radius 2 is 1.93 bits per heavy atom. The van der Waals surface area contributed by atoms with Crippen LogP contribution in [0.15, 0.2) is 36.5 Å². The summed E-state index contributed by atoms with van der Waals surface area (Å²) < 4.78 is 0. The first kappa shape index (κ1) is 10.3. The molecule has 15 heavy (non-hydrogen) atoms. The first-order valence-corrected chi connectivity index (χ1v) is 5.55. The van der Waals surface area contributed by atoms with Gasteiger partial charge in [0.15, 0.2) is 0 Å². The molecule has 0 fully saturated rings. The molecule has 80 valence electrons. The molecule has 0 aromatic heterocycles. The second-order valence-corrected chi connectivity index (χ2v) is 5.23. The molecule has 1 aromatic rings. The number of nitrogens with zero attached hydrogens (tertiary/aromatic N) is 1. The van der Waals surface area contributed by atoms with E-state index in [1.807, 2.05) is 0 Å². The zero-order valence-electron chi connectivity index (χ0n) is 9.88. The third-order valence-electron chi connectivity index (χ3n) is 3.08. The number of hydrogen-bond donors (Lipinski definition) is 0. The smallest absolute Gasteiger partial charge is 0.0441 e. The molecule has 2 rings (SSSR count). The van der Waals surface area contributed by atoms with Crippen molar-refractivity contribution < 1.29 is 0 Å². The van der Waals surface area contributed by atoms with E-state index < -0.39 is 0 Å². The zero-order chi connectivity index (χ0) is 11.1. The zero-order valence-corrected chi connectivity index (χ0v) is 9.88. The van der Waals surface area contributed by atoms with Crippen LogP contribution in [0.2, 0.25) is 0 Å². The average molecular weight is 201 g/mol. The first-order valence-electron chi connectivity index (χ1n) is 5.55. The molecule has 0 bridgehead atoms. The molecule has 0 saturated carbocycles. The van der Waals surface area contributed by atoms with Crippen LogP contribution in [0.25, 0.3) is 0 Å². The van der Waals surface area contributed by atoms with E-state index in [0.29, 0.717) is 0 Å². The Bertz CT molecular complexity index is 385. The summed E-state index contributed by atoms with van der Waals surface area (Å²) in [5.41, 5.74) is 4.16.